The highest BCUT2D eigenvalue weighted by Crippen LogP contribution is 2.44. The van der Waals surface area contributed by atoms with Crippen LogP contribution in [0.15, 0.2) is 18.3 Å². The first-order valence-corrected chi connectivity index (χ1v) is 5.19. The van der Waals surface area contributed by atoms with Gasteiger partial charge in [0.05, 0.1) is 11.8 Å². The molecular formula is C9H9N3S. The molecule has 0 aliphatic carbocycles. The Morgan fingerprint density at radius 2 is 2.54 bits per heavy atom. The van der Waals surface area contributed by atoms with Crippen molar-refractivity contribution in [3.05, 3.63) is 24.0 Å². The quantitative estimate of drug-likeness (QED) is 0.678. The lowest BCUT2D eigenvalue weighted by molar-refractivity contribution is 0.683. The Hall–Kier alpha value is -1.08. The second-order valence-corrected chi connectivity index (χ2v) is 4.39. The van der Waals surface area contributed by atoms with Crippen molar-refractivity contribution in [1.82, 2.24) is 10.2 Å². The number of rotatable bonds is 1. The van der Waals surface area contributed by atoms with E-state index in [4.69, 9.17) is 5.26 Å². The molecule has 0 saturated carbocycles. The minimum Gasteiger partial charge on any atom is -0.196 e. The lowest BCUT2D eigenvalue weighted by Crippen LogP contribution is -2.17. The zero-order chi connectivity index (χ0) is 9.15. The standard InChI is InChI=1S/C9H9N3S/c10-7-9(4-2-6-13-9)8-3-1-5-11-12-8/h1,3,5H,2,4,6H2. The molecule has 1 saturated heterocycles. The third-order valence-corrected chi connectivity index (χ3v) is 3.68. The fraction of sp³-hybridized carbons (Fsp3) is 0.444. The van der Waals surface area contributed by atoms with E-state index >= 15 is 0 Å². The maximum atomic E-state index is 9.13. The van der Waals surface area contributed by atoms with Gasteiger partial charge in [-0.3, -0.25) is 0 Å². The molecule has 3 nitrogen and oxygen atoms in total. The van der Waals surface area contributed by atoms with Crippen LogP contribution in [0.25, 0.3) is 0 Å². The summed E-state index contributed by atoms with van der Waals surface area (Å²) in [5.74, 6) is 1.05. The first-order chi connectivity index (χ1) is 6.37. The van der Waals surface area contributed by atoms with Crippen molar-refractivity contribution in [3.63, 3.8) is 0 Å². The van der Waals surface area contributed by atoms with E-state index < -0.39 is 4.75 Å². The molecular weight excluding hydrogens is 182 g/mol. The first-order valence-electron chi connectivity index (χ1n) is 4.21. The molecule has 2 rings (SSSR count). The van der Waals surface area contributed by atoms with E-state index in [0.717, 1.165) is 24.3 Å². The molecule has 0 bridgehead atoms. The molecule has 13 heavy (non-hydrogen) atoms. The van der Waals surface area contributed by atoms with E-state index in [-0.39, 0.29) is 0 Å². The van der Waals surface area contributed by atoms with E-state index in [9.17, 15) is 0 Å². The molecule has 1 unspecified atom stereocenters. The predicted molar refractivity (Wildman–Crippen MR) is 51.0 cm³/mol. The fourth-order valence-electron chi connectivity index (χ4n) is 1.50. The molecule has 0 amide bonds. The highest BCUT2D eigenvalue weighted by Gasteiger charge is 2.38. The van der Waals surface area contributed by atoms with E-state index in [1.54, 1.807) is 18.0 Å². The number of aromatic nitrogens is 2. The van der Waals surface area contributed by atoms with Crippen LogP contribution >= 0.6 is 11.8 Å². The molecule has 1 atom stereocenters. The summed E-state index contributed by atoms with van der Waals surface area (Å²) < 4.78 is -0.422. The Bertz CT molecular complexity index is 324. The van der Waals surface area contributed by atoms with Crippen molar-refractivity contribution in [3.8, 4) is 6.07 Å². The van der Waals surface area contributed by atoms with Crippen LogP contribution in [0.4, 0.5) is 0 Å². The van der Waals surface area contributed by atoms with Crippen molar-refractivity contribution < 1.29 is 0 Å². The van der Waals surface area contributed by atoms with Crippen molar-refractivity contribution in [2.75, 3.05) is 5.75 Å². The average molecular weight is 191 g/mol. The SMILES string of the molecule is N#CC1(c2cccnn2)CCCS1. The molecule has 1 aliphatic heterocycles. The Balaban J connectivity index is 2.38. The van der Waals surface area contributed by atoms with Crippen LogP contribution in [0, 0.1) is 11.3 Å². The van der Waals surface area contributed by atoms with Crippen LogP contribution in [0.3, 0.4) is 0 Å². The molecule has 0 radical (unpaired) electrons. The van der Waals surface area contributed by atoms with Crippen molar-refractivity contribution in [2.45, 2.75) is 17.6 Å². The van der Waals surface area contributed by atoms with E-state index in [2.05, 4.69) is 16.3 Å². The van der Waals surface area contributed by atoms with E-state index in [1.807, 2.05) is 12.1 Å². The van der Waals surface area contributed by atoms with Gasteiger partial charge in [0.15, 0.2) is 0 Å². The summed E-state index contributed by atoms with van der Waals surface area (Å²) in [5, 5.41) is 16.9. The second-order valence-electron chi connectivity index (χ2n) is 3.00. The van der Waals surface area contributed by atoms with Gasteiger partial charge in [0.25, 0.3) is 0 Å². The number of nitriles is 1. The maximum absolute atomic E-state index is 9.13. The summed E-state index contributed by atoms with van der Waals surface area (Å²) in [7, 11) is 0. The van der Waals surface area contributed by atoms with Crippen molar-refractivity contribution in [2.24, 2.45) is 0 Å². The number of hydrogen-bond acceptors (Lipinski definition) is 4. The van der Waals surface area contributed by atoms with Crippen LogP contribution in [-0.2, 0) is 4.75 Å². The largest absolute Gasteiger partial charge is 0.196 e. The molecule has 4 heteroatoms. The summed E-state index contributed by atoms with van der Waals surface area (Å²) in [6.07, 6.45) is 3.62. The predicted octanol–water partition coefficient (Wildman–Crippen LogP) is 1.72. The summed E-state index contributed by atoms with van der Waals surface area (Å²) in [4.78, 5) is 0. The minimum atomic E-state index is -0.422. The summed E-state index contributed by atoms with van der Waals surface area (Å²) in [5.41, 5.74) is 0.806. The van der Waals surface area contributed by atoms with Crippen molar-refractivity contribution >= 4 is 11.8 Å². The number of hydrogen-bond donors (Lipinski definition) is 0. The Labute approximate surface area is 81.2 Å². The first kappa shape index (κ1) is 8.52. The monoisotopic (exact) mass is 191 g/mol. The van der Waals surface area contributed by atoms with Crippen LogP contribution in [0.1, 0.15) is 18.5 Å². The molecule has 1 fully saturated rings. The molecule has 1 aliphatic rings. The normalized spacial score (nSPS) is 27.0. The van der Waals surface area contributed by atoms with Crippen LogP contribution in [0.2, 0.25) is 0 Å². The average Bonchev–Trinajstić information content (AvgIpc) is 2.69. The van der Waals surface area contributed by atoms with E-state index in [0.29, 0.717) is 0 Å². The number of thioether (sulfide) groups is 1. The molecule has 0 N–H and O–H groups in total. The molecule has 2 heterocycles. The molecule has 1 aromatic heterocycles. The number of nitrogens with zero attached hydrogens (tertiary/aromatic N) is 3. The highest BCUT2D eigenvalue weighted by molar-refractivity contribution is 8.00. The van der Waals surface area contributed by atoms with Gasteiger partial charge in [0.2, 0.25) is 0 Å². The Kier molecular flexibility index (Phi) is 2.19. The van der Waals surface area contributed by atoms with Crippen LogP contribution in [0.5, 0.6) is 0 Å². The molecule has 1 aromatic rings. The minimum absolute atomic E-state index is 0.422. The second kappa shape index (κ2) is 3.35. The molecule has 0 aromatic carbocycles. The van der Waals surface area contributed by atoms with Crippen molar-refractivity contribution in [1.29, 1.82) is 5.26 Å². The van der Waals surface area contributed by atoms with Crippen LogP contribution in [-0.4, -0.2) is 16.0 Å². The Morgan fingerprint density at radius 3 is 3.08 bits per heavy atom. The van der Waals surface area contributed by atoms with Crippen LogP contribution < -0.4 is 0 Å². The lowest BCUT2D eigenvalue weighted by Gasteiger charge is -2.16. The lowest BCUT2D eigenvalue weighted by atomic mass is 10.0. The van der Waals surface area contributed by atoms with Gasteiger partial charge in [0.1, 0.15) is 4.75 Å². The third kappa shape index (κ3) is 1.40. The van der Waals surface area contributed by atoms with Gasteiger partial charge >= 0.3 is 0 Å². The van der Waals surface area contributed by atoms with Gasteiger partial charge in [-0.25, -0.2) is 0 Å². The Morgan fingerprint density at radius 1 is 1.62 bits per heavy atom. The summed E-state index contributed by atoms with van der Waals surface area (Å²) in [6.45, 7) is 0. The van der Waals surface area contributed by atoms with Gasteiger partial charge in [-0.2, -0.15) is 15.5 Å². The molecule has 66 valence electrons. The smallest absolute Gasteiger partial charge is 0.146 e. The summed E-state index contributed by atoms with van der Waals surface area (Å²) >= 11 is 1.68. The highest BCUT2D eigenvalue weighted by atomic mass is 32.2. The van der Waals surface area contributed by atoms with Gasteiger partial charge in [-0.15, -0.1) is 11.8 Å². The zero-order valence-corrected chi connectivity index (χ0v) is 7.92. The van der Waals surface area contributed by atoms with Gasteiger partial charge in [-0.1, -0.05) is 0 Å². The third-order valence-electron chi connectivity index (χ3n) is 2.19. The van der Waals surface area contributed by atoms with Gasteiger partial charge < -0.3 is 0 Å². The topological polar surface area (TPSA) is 49.6 Å². The fourth-order valence-corrected chi connectivity index (χ4v) is 2.75. The maximum Gasteiger partial charge on any atom is 0.146 e. The zero-order valence-electron chi connectivity index (χ0n) is 7.10. The summed E-state index contributed by atoms with van der Waals surface area (Å²) in [6, 6.07) is 6.07. The van der Waals surface area contributed by atoms with Gasteiger partial charge in [0, 0.05) is 6.20 Å². The molecule has 0 spiro atoms. The van der Waals surface area contributed by atoms with E-state index in [1.165, 1.54) is 0 Å². The van der Waals surface area contributed by atoms with Gasteiger partial charge in [-0.05, 0) is 30.7 Å².